The summed E-state index contributed by atoms with van der Waals surface area (Å²) >= 11 is 3.92. The Morgan fingerprint density at radius 1 is 1.14 bits per heavy atom. The molecule has 0 aromatic heterocycles. The summed E-state index contributed by atoms with van der Waals surface area (Å²) < 4.78 is 5.67. The molecule has 0 spiro atoms. The Hall–Kier alpha value is -1.69. The Labute approximate surface area is 173 Å². The van der Waals surface area contributed by atoms with Gasteiger partial charge >= 0.3 is 5.97 Å². The maximum Gasteiger partial charge on any atom is 0.312 e. The van der Waals surface area contributed by atoms with Crippen LogP contribution in [0.5, 0.6) is 0 Å². The van der Waals surface area contributed by atoms with E-state index in [0.717, 1.165) is 37.0 Å². The van der Waals surface area contributed by atoms with E-state index in [4.69, 9.17) is 4.74 Å². The lowest BCUT2D eigenvalue weighted by atomic mass is 9.49. The van der Waals surface area contributed by atoms with Crippen molar-refractivity contribution in [2.75, 3.05) is 13.2 Å². The molecule has 1 aliphatic heterocycles. The number of halogens is 1. The summed E-state index contributed by atoms with van der Waals surface area (Å²) in [6, 6.07) is 9.88. The van der Waals surface area contributed by atoms with Crippen LogP contribution in [0.2, 0.25) is 0 Å². The topological polar surface area (TPSA) is 59.0 Å². The van der Waals surface area contributed by atoms with E-state index < -0.39 is 5.41 Å². The number of hydrogen-bond acceptors (Lipinski definition) is 4. The molecule has 0 N–H and O–H groups in total. The maximum atomic E-state index is 13.0. The molecule has 4 bridgehead atoms. The molecule has 5 aliphatic rings. The number of nitrogens with zero attached hydrogens (tertiary/aromatic N) is 2. The highest BCUT2D eigenvalue weighted by molar-refractivity contribution is 9.10. The number of carbonyl (C=O) groups excluding carboxylic acids is 2. The predicted octanol–water partition coefficient (Wildman–Crippen LogP) is 3.90. The van der Waals surface area contributed by atoms with Crippen LogP contribution in [0.3, 0.4) is 0 Å². The molecule has 4 saturated carbocycles. The SMILES string of the molecule is O=C(COC(=O)C12C[C@H]3C[C@@H](CC(Br)(C3)C1)C2)N1CCC(c2ccccc2)=N1. The highest BCUT2D eigenvalue weighted by atomic mass is 79.9. The van der Waals surface area contributed by atoms with E-state index in [2.05, 4.69) is 21.0 Å². The lowest BCUT2D eigenvalue weighted by Gasteiger charge is -2.58. The van der Waals surface area contributed by atoms with Crippen molar-refractivity contribution in [1.82, 2.24) is 5.01 Å². The average molecular weight is 445 g/mol. The van der Waals surface area contributed by atoms with Gasteiger partial charge in [0.15, 0.2) is 6.61 Å². The van der Waals surface area contributed by atoms with Crippen LogP contribution in [0.1, 0.15) is 50.5 Å². The van der Waals surface area contributed by atoms with Crippen LogP contribution in [-0.4, -0.2) is 40.1 Å². The molecule has 2 atom stereocenters. The predicted molar refractivity (Wildman–Crippen MR) is 109 cm³/mol. The van der Waals surface area contributed by atoms with Gasteiger partial charge in [-0.3, -0.25) is 9.59 Å². The van der Waals surface area contributed by atoms with Crippen molar-refractivity contribution in [3.8, 4) is 0 Å². The molecular formula is C22H25BrN2O3. The highest BCUT2D eigenvalue weighted by Gasteiger charge is 2.60. The standard InChI is InChI=1S/C22H25BrN2O3/c23-22-11-15-8-16(12-22)10-21(9-15,14-22)20(27)28-13-19(26)25-7-6-18(24-25)17-4-2-1-3-5-17/h1-5,15-16H,6-14H2/t15-,16-,21?,22?/m1/s1. The summed E-state index contributed by atoms with van der Waals surface area (Å²) in [7, 11) is 0. The highest BCUT2D eigenvalue weighted by Crippen LogP contribution is 2.64. The van der Waals surface area contributed by atoms with Crippen molar-refractivity contribution in [2.24, 2.45) is 22.4 Å². The van der Waals surface area contributed by atoms with Gasteiger partial charge in [0.25, 0.3) is 5.91 Å². The van der Waals surface area contributed by atoms with Crippen LogP contribution < -0.4 is 0 Å². The van der Waals surface area contributed by atoms with Gasteiger partial charge in [0.2, 0.25) is 0 Å². The fraction of sp³-hybridized carbons (Fsp3) is 0.591. The Balaban J connectivity index is 1.22. The van der Waals surface area contributed by atoms with Crippen LogP contribution in [0.15, 0.2) is 35.4 Å². The zero-order chi connectivity index (χ0) is 19.4. The second-order valence-electron chi connectivity index (χ2n) is 9.15. The number of ether oxygens (including phenoxy) is 1. The third-order valence-electron chi connectivity index (χ3n) is 6.95. The number of esters is 1. The molecule has 6 heteroatoms. The van der Waals surface area contributed by atoms with Gasteiger partial charge in [0.1, 0.15) is 0 Å². The number of hydrogen-bond donors (Lipinski definition) is 0. The van der Waals surface area contributed by atoms with E-state index in [1.54, 1.807) is 0 Å². The summed E-state index contributed by atoms with van der Waals surface area (Å²) in [5.41, 5.74) is 1.55. The van der Waals surface area contributed by atoms with Crippen molar-refractivity contribution in [2.45, 2.75) is 49.3 Å². The van der Waals surface area contributed by atoms with Gasteiger partial charge in [-0.2, -0.15) is 5.10 Å². The van der Waals surface area contributed by atoms with Crippen LogP contribution in [0.4, 0.5) is 0 Å². The van der Waals surface area contributed by atoms with Crippen LogP contribution in [0, 0.1) is 17.3 Å². The van der Waals surface area contributed by atoms with Crippen LogP contribution in [0.25, 0.3) is 0 Å². The third-order valence-corrected chi connectivity index (χ3v) is 7.87. The number of hydrazone groups is 1. The Kier molecular flexibility index (Phi) is 4.38. The summed E-state index contributed by atoms with van der Waals surface area (Å²) in [5.74, 6) is 0.809. The van der Waals surface area contributed by atoms with Crippen molar-refractivity contribution in [3.63, 3.8) is 0 Å². The first-order valence-electron chi connectivity index (χ1n) is 10.2. The van der Waals surface area contributed by atoms with Crippen molar-refractivity contribution >= 4 is 33.5 Å². The van der Waals surface area contributed by atoms with Gasteiger partial charge in [-0.1, -0.05) is 46.3 Å². The van der Waals surface area contributed by atoms with E-state index in [0.29, 0.717) is 18.4 Å². The second-order valence-corrected chi connectivity index (χ2v) is 10.8. The smallest absolute Gasteiger partial charge is 0.312 e. The number of carbonyl (C=O) groups is 2. The molecule has 1 heterocycles. The first-order chi connectivity index (χ1) is 13.4. The fourth-order valence-electron chi connectivity index (χ4n) is 6.22. The largest absolute Gasteiger partial charge is 0.455 e. The molecule has 0 radical (unpaired) electrons. The van der Waals surface area contributed by atoms with Crippen LogP contribution >= 0.6 is 15.9 Å². The van der Waals surface area contributed by atoms with Gasteiger partial charge in [-0.15, -0.1) is 0 Å². The number of amides is 1. The summed E-state index contributed by atoms with van der Waals surface area (Å²) in [5, 5.41) is 5.89. The lowest BCUT2D eigenvalue weighted by molar-refractivity contribution is -0.172. The van der Waals surface area contributed by atoms with E-state index in [1.807, 2.05) is 30.3 Å². The third kappa shape index (κ3) is 3.19. The van der Waals surface area contributed by atoms with Crippen molar-refractivity contribution in [1.29, 1.82) is 0 Å². The first-order valence-corrected chi connectivity index (χ1v) is 11.0. The second kappa shape index (κ2) is 6.68. The molecule has 4 fully saturated rings. The van der Waals surface area contributed by atoms with Gasteiger partial charge in [-0.25, -0.2) is 5.01 Å². The first kappa shape index (κ1) is 18.3. The zero-order valence-corrected chi connectivity index (χ0v) is 17.5. The molecule has 0 saturated heterocycles. The Bertz CT molecular complexity index is 823. The molecule has 0 unspecified atom stereocenters. The maximum absolute atomic E-state index is 13.0. The Morgan fingerprint density at radius 2 is 1.86 bits per heavy atom. The quantitative estimate of drug-likeness (QED) is 0.522. The van der Waals surface area contributed by atoms with Gasteiger partial charge in [0.05, 0.1) is 17.7 Å². The minimum absolute atomic E-state index is 0.101. The molecular weight excluding hydrogens is 420 g/mol. The fourth-order valence-corrected chi connectivity index (χ4v) is 7.67. The normalized spacial score (nSPS) is 35.8. The molecule has 1 aromatic carbocycles. The van der Waals surface area contributed by atoms with Crippen molar-refractivity contribution in [3.05, 3.63) is 35.9 Å². The minimum atomic E-state index is -0.392. The molecule has 28 heavy (non-hydrogen) atoms. The summed E-state index contributed by atoms with van der Waals surface area (Å²) in [6.07, 6.45) is 6.99. The lowest BCUT2D eigenvalue weighted by Crippen LogP contribution is -2.56. The minimum Gasteiger partial charge on any atom is -0.455 e. The number of benzene rings is 1. The molecule has 148 valence electrons. The van der Waals surface area contributed by atoms with Crippen LogP contribution in [-0.2, 0) is 14.3 Å². The van der Waals surface area contributed by atoms with Gasteiger partial charge in [-0.05, 0) is 55.9 Å². The number of alkyl halides is 1. The average Bonchev–Trinajstić information content (AvgIpc) is 3.15. The molecule has 1 aromatic rings. The molecule has 4 aliphatic carbocycles. The zero-order valence-electron chi connectivity index (χ0n) is 15.9. The van der Waals surface area contributed by atoms with Gasteiger partial charge in [0, 0.05) is 10.7 Å². The Morgan fingerprint density at radius 3 is 2.54 bits per heavy atom. The number of rotatable bonds is 4. The van der Waals surface area contributed by atoms with Gasteiger partial charge < -0.3 is 4.74 Å². The van der Waals surface area contributed by atoms with E-state index >= 15 is 0 Å². The molecule has 6 rings (SSSR count). The monoisotopic (exact) mass is 444 g/mol. The van der Waals surface area contributed by atoms with E-state index in [-0.39, 0.29) is 22.8 Å². The summed E-state index contributed by atoms with van der Waals surface area (Å²) in [6.45, 7) is 0.331. The molecule has 1 amide bonds. The summed E-state index contributed by atoms with van der Waals surface area (Å²) in [4.78, 5) is 25.5. The van der Waals surface area contributed by atoms with E-state index in [9.17, 15) is 9.59 Å². The van der Waals surface area contributed by atoms with E-state index in [1.165, 1.54) is 24.3 Å². The van der Waals surface area contributed by atoms with Crippen molar-refractivity contribution < 1.29 is 14.3 Å². The molecule has 5 nitrogen and oxygen atoms in total.